The molecule has 3 fully saturated rings. The highest BCUT2D eigenvalue weighted by Crippen LogP contribution is 2.44. The molecule has 0 radical (unpaired) electrons. The topological polar surface area (TPSA) is 89.3 Å². The molecule has 29 heavy (non-hydrogen) atoms. The van der Waals surface area contributed by atoms with Crippen LogP contribution in [0.5, 0.6) is 5.75 Å². The number of halogens is 1. The molecule has 2 saturated carbocycles. The Morgan fingerprint density at radius 3 is 2.83 bits per heavy atom. The minimum absolute atomic E-state index is 0.325. The van der Waals surface area contributed by atoms with Crippen molar-refractivity contribution in [2.75, 3.05) is 18.4 Å². The molecule has 0 aromatic carbocycles. The first-order valence-corrected chi connectivity index (χ1v) is 10.2. The van der Waals surface area contributed by atoms with E-state index in [0.29, 0.717) is 36.8 Å². The molecule has 2 N–H and O–H groups in total. The quantitative estimate of drug-likeness (QED) is 0.662. The van der Waals surface area contributed by atoms with E-state index >= 15 is 0 Å². The largest absolute Gasteiger partial charge is 0.488 e. The Balaban J connectivity index is 1.35. The molecule has 4 heterocycles. The zero-order valence-corrected chi connectivity index (χ0v) is 15.9. The van der Waals surface area contributed by atoms with E-state index in [2.05, 4.69) is 25.6 Å². The van der Waals surface area contributed by atoms with Gasteiger partial charge in [-0.25, -0.2) is 23.9 Å². The molecule has 2 aliphatic carbocycles. The van der Waals surface area contributed by atoms with E-state index in [0.717, 1.165) is 48.5 Å². The Bertz CT molecular complexity index is 1060. The first kappa shape index (κ1) is 17.1. The fourth-order valence-corrected chi connectivity index (χ4v) is 3.71. The molecular weight excluding hydrogens is 373 g/mol. The minimum atomic E-state index is -0.953. The summed E-state index contributed by atoms with van der Waals surface area (Å²) < 4.78 is 21.8. The standard InChI is InChI=1S/C20H22FN7O/c21-13-8-22-9-15(13)26-20-23-6-5-14(25-20)16-10-24-18-7-17(29-12-3-4-12)19(11-1-2-11)27-28(16)18/h5-7,10-13,15,22H,1-4,8-9H2,(H,23,25,26)/t13-,15-/m0/s1. The normalized spacial score (nSPS) is 24.2. The predicted molar refractivity (Wildman–Crippen MR) is 105 cm³/mol. The Hall–Kier alpha value is -2.81. The van der Waals surface area contributed by atoms with Crippen molar-refractivity contribution in [3.05, 3.63) is 30.2 Å². The van der Waals surface area contributed by atoms with Gasteiger partial charge in [0.1, 0.15) is 23.3 Å². The van der Waals surface area contributed by atoms with Crippen molar-refractivity contribution in [2.45, 2.75) is 49.9 Å². The van der Waals surface area contributed by atoms with E-state index in [1.54, 1.807) is 12.4 Å². The van der Waals surface area contributed by atoms with Gasteiger partial charge >= 0.3 is 0 Å². The SMILES string of the molecule is F[C@H]1CNC[C@@H]1Nc1nccc(-c2cnc3cc(OC4CC4)c(C4CC4)nn23)n1. The van der Waals surface area contributed by atoms with Crippen LogP contribution in [0.3, 0.4) is 0 Å². The average Bonchev–Trinajstić information content (AvgIpc) is 3.65. The molecule has 8 nitrogen and oxygen atoms in total. The van der Waals surface area contributed by atoms with Crippen LogP contribution in [-0.2, 0) is 0 Å². The van der Waals surface area contributed by atoms with E-state index in [1.165, 1.54) is 0 Å². The van der Waals surface area contributed by atoms with Crippen molar-refractivity contribution >= 4 is 11.6 Å². The van der Waals surface area contributed by atoms with Gasteiger partial charge in [-0.3, -0.25) is 0 Å². The first-order valence-electron chi connectivity index (χ1n) is 10.2. The number of rotatable bonds is 6. The van der Waals surface area contributed by atoms with Gasteiger partial charge in [-0.15, -0.1) is 0 Å². The van der Waals surface area contributed by atoms with Gasteiger partial charge in [0.2, 0.25) is 5.95 Å². The van der Waals surface area contributed by atoms with Gasteiger partial charge in [-0.05, 0) is 31.7 Å². The molecule has 1 saturated heterocycles. The number of nitrogens with one attached hydrogen (secondary N) is 2. The highest BCUT2D eigenvalue weighted by Gasteiger charge is 2.33. The van der Waals surface area contributed by atoms with Crippen LogP contribution >= 0.6 is 0 Å². The molecule has 3 aromatic heterocycles. The number of nitrogens with zero attached hydrogens (tertiary/aromatic N) is 5. The van der Waals surface area contributed by atoms with Crippen LogP contribution in [0.2, 0.25) is 0 Å². The third kappa shape index (κ3) is 3.29. The molecular formula is C20H22FN7O. The summed E-state index contributed by atoms with van der Waals surface area (Å²) >= 11 is 0. The predicted octanol–water partition coefficient (Wildman–Crippen LogP) is 2.33. The van der Waals surface area contributed by atoms with Crippen LogP contribution in [0.1, 0.15) is 37.3 Å². The molecule has 0 amide bonds. The van der Waals surface area contributed by atoms with Gasteiger partial charge < -0.3 is 15.4 Å². The summed E-state index contributed by atoms with van der Waals surface area (Å²) in [6.07, 6.45) is 7.32. The van der Waals surface area contributed by atoms with Crippen molar-refractivity contribution in [1.29, 1.82) is 0 Å². The van der Waals surface area contributed by atoms with Gasteiger partial charge in [0.25, 0.3) is 0 Å². The fourth-order valence-electron chi connectivity index (χ4n) is 3.71. The van der Waals surface area contributed by atoms with Crippen molar-refractivity contribution < 1.29 is 9.13 Å². The molecule has 9 heteroatoms. The molecule has 3 aromatic rings. The first-order chi connectivity index (χ1) is 14.2. The number of anilines is 1. The Morgan fingerprint density at radius 1 is 1.17 bits per heavy atom. The zero-order chi connectivity index (χ0) is 19.4. The summed E-state index contributed by atoms with van der Waals surface area (Å²) in [6.45, 7) is 0.907. The summed E-state index contributed by atoms with van der Waals surface area (Å²) in [6, 6.07) is 3.48. The molecule has 0 spiro atoms. The maximum atomic E-state index is 13.9. The Labute approximate surface area is 166 Å². The number of hydrogen-bond donors (Lipinski definition) is 2. The second kappa shape index (κ2) is 6.62. The summed E-state index contributed by atoms with van der Waals surface area (Å²) in [5, 5.41) is 11.0. The lowest BCUT2D eigenvalue weighted by Crippen LogP contribution is -2.30. The summed E-state index contributed by atoms with van der Waals surface area (Å²) in [5.74, 6) is 1.74. The fraction of sp³-hybridized carbons (Fsp3) is 0.500. The molecule has 2 atom stereocenters. The second-order valence-electron chi connectivity index (χ2n) is 8.09. The maximum Gasteiger partial charge on any atom is 0.223 e. The van der Waals surface area contributed by atoms with Crippen molar-refractivity contribution in [2.24, 2.45) is 0 Å². The lowest BCUT2D eigenvalue weighted by molar-refractivity contribution is 0.297. The van der Waals surface area contributed by atoms with Gasteiger partial charge in [-0.1, -0.05) is 0 Å². The summed E-state index contributed by atoms with van der Waals surface area (Å²) in [4.78, 5) is 13.4. The van der Waals surface area contributed by atoms with Crippen molar-refractivity contribution in [1.82, 2.24) is 29.9 Å². The number of fused-ring (bicyclic) bond motifs is 1. The van der Waals surface area contributed by atoms with E-state index in [-0.39, 0.29) is 6.04 Å². The number of ether oxygens (including phenoxy) is 1. The van der Waals surface area contributed by atoms with Crippen molar-refractivity contribution in [3.63, 3.8) is 0 Å². The number of hydrogen-bond acceptors (Lipinski definition) is 7. The third-order valence-corrected chi connectivity index (χ3v) is 5.64. The molecule has 0 unspecified atom stereocenters. The minimum Gasteiger partial charge on any atom is -0.488 e. The number of alkyl halides is 1. The van der Waals surface area contributed by atoms with Gasteiger partial charge in [0.15, 0.2) is 5.65 Å². The van der Waals surface area contributed by atoms with Crippen LogP contribution in [-0.4, -0.2) is 56.0 Å². The van der Waals surface area contributed by atoms with Crippen LogP contribution in [0.4, 0.5) is 10.3 Å². The molecule has 3 aliphatic rings. The molecule has 6 rings (SSSR count). The lowest BCUT2D eigenvalue weighted by atomic mass is 10.2. The van der Waals surface area contributed by atoms with Crippen LogP contribution in [0.15, 0.2) is 24.5 Å². The van der Waals surface area contributed by atoms with E-state index < -0.39 is 6.17 Å². The van der Waals surface area contributed by atoms with E-state index in [1.807, 2.05) is 16.6 Å². The number of aromatic nitrogens is 5. The van der Waals surface area contributed by atoms with Crippen LogP contribution in [0.25, 0.3) is 17.0 Å². The van der Waals surface area contributed by atoms with E-state index in [9.17, 15) is 4.39 Å². The molecule has 150 valence electrons. The molecule has 1 aliphatic heterocycles. The smallest absolute Gasteiger partial charge is 0.223 e. The maximum absolute atomic E-state index is 13.9. The highest BCUT2D eigenvalue weighted by molar-refractivity contribution is 5.61. The van der Waals surface area contributed by atoms with Gasteiger partial charge in [0, 0.05) is 31.3 Å². The van der Waals surface area contributed by atoms with Gasteiger partial charge in [-0.2, -0.15) is 5.10 Å². The number of imidazole rings is 1. The summed E-state index contributed by atoms with van der Waals surface area (Å²) in [5.41, 5.74) is 3.22. The average molecular weight is 395 g/mol. The van der Waals surface area contributed by atoms with Crippen LogP contribution in [0, 0.1) is 0 Å². The highest BCUT2D eigenvalue weighted by atomic mass is 19.1. The summed E-state index contributed by atoms with van der Waals surface area (Å²) in [7, 11) is 0. The lowest BCUT2D eigenvalue weighted by Gasteiger charge is -2.14. The third-order valence-electron chi connectivity index (χ3n) is 5.64. The monoisotopic (exact) mass is 395 g/mol. The molecule has 0 bridgehead atoms. The van der Waals surface area contributed by atoms with Gasteiger partial charge in [0.05, 0.1) is 24.0 Å². The van der Waals surface area contributed by atoms with E-state index in [4.69, 9.17) is 9.84 Å². The Kier molecular flexibility index (Phi) is 3.90. The van der Waals surface area contributed by atoms with Crippen LogP contribution < -0.4 is 15.4 Å². The second-order valence-corrected chi connectivity index (χ2v) is 8.09. The Morgan fingerprint density at radius 2 is 2.07 bits per heavy atom. The zero-order valence-electron chi connectivity index (χ0n) is 15.9. The van der Waals surface area contributed by atoms with Crippen molar-refractivity contribution in [3.8, 4) is 17.1 Å².